The van der Waals surface area contributed by atoms with Gasteiger partial charge in [-0.05, 0) is 0 Å². The third kappa shape index (κ3) is 4.70. The zero-order valence-electron chi connectivity index (χ0n) is 8.22. The second-order valence-electron chi connectivity index (χ2n) is 2.53. The zero-order valence-corrected chi connectivity index (χ0v) is 10.7. The van der Waals surface area contributed by atoms with E-state index < -0.39 is 0 Å². The van der Waals surface area contributed by atoms with Gasteiger partial charge in [0.2, 0.25) is 0 Å². The van der Waals surface area contributed by atoms with Crippen LogP contribution in [0.4, 0.5) is 0 Å². The van der Waals surface area contributed by atoms with Gasteiger partial charge in [0.15, 0.2) is 0 Å². The quantitative estimate of drug-likeness (QED) is 0.436. The molecule has 0 unspecified atom stereocenters. The normalized spacial score (nSPS) is 12.3. The molecule has 0 bridgehead atoms. The van der Waals surface area contributed by atoms with E-state index in [1.807, 2.05) is 5.82 Å². The Morgan fingerprint density at radius 3 is 2.54 bits per heavy atom. The molecular formula is C9H15ClO2Se. The van der Waals surface area contributed by atoms with E-state index in [0.717, 1.165) is 19.3 Å². The number of carbonyl (C=O) groups is 1. The molecule has 0 fully saturated rings. The number of carbonyl (C=O) groups excluding carboxylic acids is 1. The fourth-order valence-corrected chi connectivity index (χ4v) is 2.66. The first-order valence-electron chi connectivity index (χ1n) is 4.18. The van der Waals surface area contributed by atoms with Crippen LogP contribution in [0.15, 0.2) is 9.50 Å². The minimum atomic E-state index is -0.274. The number of ether oxygens (including phenoxy) is 1. The van der Waals surface area contributed by atoms with Gasteiger partial charge in [-0.3, -0.25) is 0 Å². The fourth-order valence-electron chi connectivity index (χ4n) is 0.843. The summed E-state index contributed by atoms with van der Waals surface area (Å²) < 4.78 is 5.31. The summed E-state index contributed by atoms with van der Waals surface area (Å²) in [7, 11) is 1.39. The van der Waals surface area contributed by atoms with Crippen LogP contribution in [0.2, 0.25) is 5.82 Å². The Hall–Kier alpha value is 0.0195. The summed E-state index contributed by atoms with van der Waals surface area (Å²) in [5, 5.41) is 0.677. The van der Waals surface area contributed by atoms with Gasteiger partial charge in [0.05, 0.1) is 0 Å². The van der Waals surface area contributed by atoms with Crippen molar-refractivity contribution in [3.63, 3.8) is 0 Å². The number of methoxy groups -OCH3 is 1. The fraction of sp³-hybridized carbons (Fsp3) is 0.667. The van der Waals surface area contributed by atoms with Gasteiger partial charge in [0, 0.05) is 0 Å². The Morgan fingerprint density at radius 1 is 1.54 bits per heavy atom. The third-order valence-electron chi connectivity index (χ3n) is 1.57. The zero-order chi connectivity index (χ0) is 10.3. The molecule has 76 valence electrons. The van der Waals surface area contributed by atoms with Crippen molar-refractivity contribution in [1.82, 2.24) is 0 Å². The van der Waals surface area contributed by atoms with Crippen molar-refractivity contribution in [3.05, 3.63) is 9.50 Å². The second kappa shape index (κ2) is 7.43. The van der Waals surface area contributed by atoms with E-state index in [1.165, 1.54) is 7.11 Å². The van der Waals surface area contributed by atoms with Crippen LogP contribution in [-0.4, -0.2) is 28.0 Å². The van der Waals surface area contributed by atoms with Gasteiger partial charge in [0.25, 0.3) is 0 Å². The SMILES string of the molecule is CCCC/C(Cl)=C(\[Se]C)C(=O)OC. The van der Waals surface area contributed by atoms with Crippen molar-refractivity contribution >= 4 is 32.5 Å². The molecular weight excluding hydrogens is 255 g/mol. The number of hydrogen-bond donors (Lipinski definition) is 0. The number of unbranched alkanes of at least 4 members (excludes halogenated alkanes) is 1. The first-order chi connectivity index (χ1) is 6.17. The van der Waals surface area contributed by atoms with E-state index in [2.05, 4.69) is 11.7 Å². The molecule has 0 heterocycles. The van der Waals surface area contributed by atoms with Crippen LogP contribution in [0.3, 0.4) is 0 Å². The first kappa shape index (κ1) is 13.0. The monoisotopic (exact) mass is 270 g/mol. The Bertz CT molecular complexity index is 202. The van der Waals surface area contributed by atoms with Crippen LogP contribution in [0.1, 0.15) is 26.2 Å². The van der Waals surface area contributed by atoms with Crippen LogP contribution < -0.4 is 0 Å². The van der Waals surface area contributed by atoms with Crippen LogP contribution in [0.5, 0.6) is 0 Å². The molecule has 0 radical (unpaired) electrons. The van der Waals surface area contributed by atoms with Gasteiger partial charge in [-0.25, -0.2) is 0 Å². The van der Waals surface area contributed by atoms with E-state index in [9.17, 15) is 4.79 Å². The molecule has 4 heteroatoms. The molecule has 0 saturated carbocycles. The van der Waals surface area contributed by atoms with Crippen molar-refractivity contribution in [1.29, 1.82) is 0 Å². The molecule has 0 atom stereocenters. The van der Waals surface area contributed by atoms with Crippen molar-refractivity contribution < 1.29 is 9.53 Å². The predicted octanol–water partition coefficient (Wildman–Crippen LogP) is 2.55. The molecule has 0 aromatic rings. The van der Waals surface area contributed by atoms with Gasteiger partial charge in [-0.15, -0.1) is 0 Å². The third-order valence-corrected chi connectivity index (χ3v) is 3.93. The molecule has 0 aromatic carbocycles. The standard InChI is InChI=1S/C9H15ClO2Se/c1-4-5-6-7(10)8(13-3)9(11)12-2/h4-6H2,1-3H3/b8-7+. The molecule has 0 N–H and O–H groups in total. The van der Waals surface area contributed by atoms with E-state index in [0.29, 0.717) is 9.50 Å². The average molecular weight is 270 g/mol. The molecule has 0 aliphatic carbocycles. The number of allylic oxidation sites excluding steroid dienone is 1. The van der Waals surface area contributed by atoms with E-state index in [-0.39, 0.29) is 20.9 Å². The van der Waals surface area contributed by atoms with Crippen molar-refractivity contribution in [3.8, 4) is 0 Å². The maximum absolute atomic E-state index is 11.2. The number of halogens is 1. The molecule has 2 nitrogen and oxygen atoms in total. The van der Waals surface area contributed by atoms with Gasteiger partial charge < -0.3 is 0 Å². The Balaban J connectivity index is 4.39. The van der Waals surface area contributed by atoms with E-state index in [1.54, 1.807) is 0 Å². The molecule has 0 aliphatic rings. The summed E-state index contributed by atoms with van der Waals surface area (Å²) in [5.41, 5.74) is 0. The van der Waals surface area contributed by atoms with Crippen LogP contribution >= 0.6 is 11.6 Å². The summed E-state index contributed by atoms with van der Waals surface area (Å²) in [6.07, 6.45) is 2.90. The molecule has 0 aliphatic heterocycles. The van der Waals surface area contributed by atoms with Crippen molar-refractivity contribution in [2.45, 2.75) is 32.0 Å². The van der Waals surface area contributed by atoms with Crippen molar-refractivity contribution in [2.24, 2.45) is 0 Å². The Morgan fingerprint density at radius 2 is 2.15 bits per heavy atom. The van der Waals surface area contributed by atoms with Gasteiger partial charge in [-0.1, -0.05) is 0 Å². The summed E-state index contributed by atoms with van der Waals surface area (Å²) in [4.78, 5) is 11.2. The molecule has 0 spiro atoms. The van der Waals surface area contributed by atoms with Gasteiger partial charge >= 0.3 is 90.7 Å². The number of esters is 1. The van der Waals surface area contributed by atoms with Crippen LogP contribution in [0, 0.1) is 0 Å². The second-order valence-corrected chi connectivity index (χ2v) is 4.70. The minimum absolute atomic E-state index is 0.109. The predicted molar refractivity (Wildman–Crippen MR) is 56.0 cm³/mol. The molecule has 0 saturated heterocycles. The summed E-state index contributed by atoms with van der Waals surface area (Å²) in [5.74, 6) is 1.69. The van der Waals surface area contributed by atoms with Crippen molar-refractivity contribution in [2.75, 3.05) is 7.11 Å². The first-order valence-corrected chi connectivity index (χ1v) is 7.13. The number of hydrogen-bond acceptors (Lipinski definition) is 2. The number of rotatable bonds is 5. The molecule has 0 amide bonds. The van der Waals surface area contributed by atoms with Crippen LogP contribution in [-0.2, 0) is 9.53 Å². The topological polar surface area (TPSA) is 26.3 Å². The summed E-state index contributed by atoms with van der Waals surface area (Å²) >= 11 is 6.10. The molecule has 0 rings (SSSR count). The van der Waals surface area contributed by atoms with E-state index in [4.69, 9.17) is 11.6 Å². The van der Waals surface area contributed by atoms with Gasteiger partial charge in [-0.2, -0.15) is 0 Å². The molecule has 0 aromatic heterocycles. The average Bonchev–Trinajstić information content (AvgIpc) is 2.15. The maximum atomic E-state index is 11.2. The van der Waals surface area contributed by atoms with Crippen LogP contribution in [0.25, 0.3) is 0 Å². The van der Waals surface area contributed by atoms with E-state index >= 15 is 0 Å². The van der Waals surface area contributed by atoms with Gasteiger partial charge in [0.1, 0.15) is 0 Å². The summed E-state index contributed by atoms with van der Waals surface area (Å²) in [6.45, 7) is 2.10. The Labute approximate surface area is 90.8 Å². The summed E-state index contributed by atoms with van der Waals surface area (Å²) in [6, 6.07) is 0. The Kier molecular flexibility index (Phi) is 7.44. The molecule has 13 heavy (non-hydrogen) atoms.